The Labute approximate surface area is 201 Å². The summed E-state index contributed by atoms with van der Waals surface area (Å²) in [5.74, 6) is 0.954. The highest BCUT2D eigenvalue weighted by Gasteiger charge is 2.32. The van der Waals surface area contributed by atoms with Crippen LogP contribution in [0.15, 0.2) is 72.3 Å². The molecule has 7 heteroatoms. The van der Waals surface area contributed by atoms with Crippen molar-refractivity contribution in [1.29, 1.82) is 0 Å². The summed E-state index contributed by atoms with van der Waals surface area (Å²) in [6, 6.07) is 17.9. The van der Waals surface area contributed by atoms with E-state index in [0.29, 0.717) is 43.5 Å². The quantitative estimate of drug-likeness (QED) is 0.360. The van der Waals surface area contributed by atoms with E-state index in [-0.39, 0.29) is 5.91 Å². The van der Waals surface area contributed by atoms with E-state index in [1.165, 1.54) is 0 Å². The number of hydrogen-bond donors (Lipinski definition) is 0. The Morgan fingerprint density at radius 3 is 2.28 bits per heavy atom. The molecular weight excluding hydrogens is 469 g/mol. The van der Waals surface area contributed by atoms with Gasteiger partial charge in [0.2, 0.25) is 0 Å². The molecule has 4 nitrogen and oxygen atoms in total. The molecule has 0 spiro atoms. The molecule has 3 aromatic rings. The highest BCUT2D eigenvalue weighted by Crippen LogP contribution is 2.41. The Balaban J connectivity index is 1.84. The molecule has 0 atom stereocenters. The highest BCUT2D eigenvalue weighted by atomic mass is 35.5. The molecule has 1 aliphatic heterocycles. The molecule has 4 rings (SSSR count). The molecule has 32 heavy (non-hydrogen) atoms. The number of anilines is 1. The zero-order valence-electron chi connectivity index (χ0n) is 17.2. The fourth-order valence-corrected chi connectivity index (χ4v) is 3.98. The van der Waals surface area contributed by atoms with Crippen molar-refractivity contribution in [2.24, 2.45) is 0 Å². The average molecular weight is 487 g/mol. The summed E-state index contributed by atoms with van der Waals surface area (Å²) in [7, 11) is 3.14. The number of hydrogen-bond acceptors (Lipinski definition) is 3. The van der Waals surface area contributed by atoms with E-state index in [0.717, 1.165) is 11.1 Å². The molecular formula is C25H18Cl3NO3. The Hall–Kier alpha value is -2.92. The minimum atomic E-state index is -0.228. The number of carbonyl (C=O) groups excluding carboxylic acids is 1. The Bertz CT molecular complexity index is 1250. The van der Waals surface area contributed by atoms with Gasteiger partial charge in [0.15, 0.2) is 11.5 Å². The summed E-state index contributed by atoms with van der Waals surface area (Å²) < 4.78 is 10.7. The number of halogens is 3. The van der Waals surface area contributed by atoms with Crippen LogP contribution in [0.1, 0.15) is 11.1 Å². The van der Waals surface area contributed by atoms with Gasteiger partial charge < -0.3 is 9.47 Å². The van der Waals surface area contributed by atoms with Crippen molar-refractivity contribution in [2.45, 2.75) is 0 Å². The zero-order valence-corrected chi connectivity index (χ0v) is 19.5. The topological polar surface area (TPSA) is 38.8 Å². The second kappa shape index (κ2) is 9.29. The van der Waals surface area contributed by atoms with Crippen LogP contribution in [-0.2, 0) is 4.79 Å². The summed E-state index contributed by atoms with van der Waals surface area (Å²) in [4.78, 5) is 15.1. The van der Waals surface area contributed by atoms with E-state index < -0.39 is 0 Å². The van der Waals surface area contributed by atoms with Gasteiger partial charge in [0.1, 0.15) is 0 Å². The second-order valence-electron chi connectivity index (χ2n) is 6.96. The second-order valence-corrected chi connectivity index (χ2v) is 8.19. The van der Waals surface area contributed by atoms with Crippen LogP contribution in [0, 0.1) is 0 Å². The minimum absolute atomic E-state index is 0.228. The van der Waals surface area contributed by atoms with Gasteiger partial charge in [-0.05, 0) is 59.7 Å². The fraction of sp³-hybridized carbons (Fsp3) is 0.0800. The van der Waals surface area contributed by atoms with Gasteiger partial charge in [0, 0.05) is 10.6 Å². The predicted octanol–water partition coefficient (Wildman–Crippen LogP) is 7.14. The molecule has 3 aromatic carbocycles. The van der Waals surface area contributed by atoms with Gasteiger partial charge in [-0.1, -0.05) is 59.1 Å². The van der Waals surface area contributed by atoms with Crippen molar-refractivity contribution in [3.8, 4) is 11.5 Å². The molecule has 0 radical (unpaired) electrons. The van der Waals surface area contributed by atoms with Crippen LogP contribution < -0.4 is 14.4 Å². The third-order valence-corrected chi connectivity index (χ3v) is 6.09. The summed E-state index contributed by atoms with van der Waals surface area (Å²) >= 11 is 18.8. The van der Waals surface area contributed by atoms with Crippen LogP contribution in [0.2, 0.25) is 15.1 Å². The number of rotatable bonds is 5. The number of benzene rings is 3. The van der Waals surface area contributed by atoms with Gasteiger partial charge in [0.25, 0.3) is 5.91 Å². The predicted molar refractivity (Wildman–Crippen MR) is 131 cm³/mol. The van der Waals surface area contributed by atoms with Crippen molar-refractivity contribution >= 4 is 58.2 Å². The van der Waals surface area contributed by atoms with E-state index in [2.05, 4.69) is 0 Å². The zero-order chi connectivity index (χ0) is 22.8. The third-order valence-electron chi connectivity index (χ3n) is 5.03. The van der Waals surface area contributed by atoms with Crippen LogP contribution >= 0.6 is 34.8 Å². The molecule has 1 aliphatic rings. The smallest absolute Gasteiger partial charge is 0.262 e. The van der Waals surface area contributed by atoms with Crippen molar-refractivity contribution in [2.75, 3.05) is 19.1 Å². The Morgan fingerprint density at radius 2 is 1.59 bits per heavy atom. The molecule has 0 N–H and O–H groups in total. The standard InChI is InChI=1S/C25H18Cl3NO3/c1-31-22-11-6-15(13-23(22)32-2)12-17-14-21(16-7-9-18(26)10-8-16)29(25(17)30)20-5-3-4-19(27)24(20)28/h3-14H,1-2H3/b17-12+. The molecule has 0 aromatic heterocycles. The number of carbonyl (C=O) groups is 1. The first-order valence-corrected chi connectivity index (χ1v) is 10.8. The molecule has 162 valence electrons. The molecule has 1 heterocycles. The lowest BCUT2D eigenvalue weighted by Gasteiger charge is -2.22. The maximum atomic E-state index is 13.5. The van der Waals surface area contributed by atoms with Gasteiger partial charge in [0.05, 0.1) is 35.6 Å². The van der Waals surface area contributed by atoms with E-state index in [1.54, 1.807) is 61.6 Å². The van der Waals surface area contributed by atoms with Crippen LogP contribution in [0.4, 0.5) is 5.69 Å². The minimum Gasteiger partial charge on any atom is -0.493 e. The van der Waals surface area contributed by atoms with Crippen molar-refractivity contribution in [3.63, 3.8) is 0 Å². The van der Waals surface area contributed by atoms with Crippen LogP contribution in [-0.4, -0.2) is 20.1 Å². The molecule has 1 amide bonds. The SMILES string of the molecule is COc1ccc(/C=C2\C=C(c3ccc(Cl)cc3)N(c3cccc(Cl)c3Cl)C2=O)cc1OC. The Morgan fingerprint density at radius 1 is 0.875 bits per heavy atom. The van der Waals surface area contributed by atoms with Crippen LogP contribution in [0.3, 0.4) is 0 Å². The molecule has 0 bridgehead atoms. The lowest BCUT2D eigenvalue weighted by atomic mass is 10.1. The first-order valence-electron chi connectivity index (χ1n) is 9.62. The maximum Gasteiger partial charge on any atom is 0.262 e. The summed E-state index contributed by atoms with van der Waals surface area (Å²) in [6.07, 6.45) is 3.61. The van der Waals surface area contributed by atoms with Crippen molar-refractivity contribution < 1.29 is 14.3 Å². The van der Waals surface area contributed by atoms with Gasteiger partial charge in [-0.2, -0.15) is 0 Å². The number of amides is 1. The number of ether oxygens (including phenoxy) is 2. The van der Waals surface area contributed by atoms with E-state index >= 15 is 0 Å². The highest BCUT2D eigenvalue weighted by molar-refractivity contribution is 6.44. The first kappa shape index (κ1) is 22.3. The molecule has 0 saturated carbocycles. The van der Waals surface area contributed by atoms with Crippen molar-refractivity contribution in [3.05, 3.63) is 98.5 Å². The lowest BCUT2D eigenvalue weighted by Crippen LogP contribution is -2.25. The van der Waals surface area contributed by atoms with Gasteiger partial charge in [-0.3, -0.25) is 9.69 Å². The molecule has 0 unspecified atom stereocenters. The fourth-order valence-electron chi connectivity index (χ4n) is 3.47. The largest absolute Gasteiger partial charge is 0.493 e. The van der Waals surface area contributed by atoms with E-state index in [1.807, 2.05) is 30.3 Å². The summed E-state index contributed by atoms with van der Waals surface area (Å²) in [6.45, 7) is 0. The van der Waals surface area contributed by atoms with Crippen molar-refractivity contribution in [1.82, 2.24) is 0 Å². The monoisotopic (exact) mass is 485 g/mol. The summed E-state index contributed by atoms with van der Waals surface area (Å²) in [5.41, 5.74) is 3.26. The average Bonchev–Trinajstić information content (AvgIpc) is 3.11. The Kier molecular flexibility index (Phi) is 6.47. The van der Waals surface area contributed by atoms with E-state index in [9.17, 15) is 4.79 Å². The van der Waals surface area contributed by atoms with Gasteiger partial charge >= 0.3 is 0 Å². The summed E-state index contributed by atoms with van der Waals surface area (Å²) in [5, 5.41) is 1.27. The van der Waals surface area contributed by atoms with Crippen LogP contribution in [0.5, 0.6) is 11.5 Å². The molecule has 0 saturated heterocycles. The molecule has 0 fully saturated rings. The number of methoxy groups -OCH3 is 2. The van der Waals surface area contributed by atoms with Crippen LogP contribution in [0.25, 0.3) is 11.8 Å². The van der Waals surface area contributed by atoms with Gasteiger partial charge in [-0.15, -0.1) is 0 Å². The normalized spacial score (nSPS) is 14.7. The third kappa shape index (κ3) is 4.22. The number of nitrogens with zero attached hydrogens (tertiary/aromatic N) is 1. The molecule has 0 aliphatic carbocycles. The first-order chi connectivity index (χ1) is 15.4. The van der Waals surface area contributed by atoms with Gasteiger partial charge in [-0.25, -0.2) is 0 Å². The lowest BCUT2D eigenvalue weighted by molar-refractivity contribution is -0.113. The maximum absolute atomic E-state index is 13.5. The van der Waals surface area contributed by atoms with E-state index in [4.69, 9.17) is 44.3 Å².